The molecule has 170 valence electrons. The van der Waals surface area contributed by atoms with Gasteiger partial charge >= 0.3 is 0 Å². The second-order valence-corrected chi connectivity index (χ2v) is 10.1. The summed E-state index contributed by atoms with van der Waals surface area (Å²) in [5.74, 6) is 0.719. The third kappa shape index (κ3) is 4.67. The van der Waals surface area contributed by atoms with Crippen LogP contribution in [0.25, 0.3) is 0 Å². The lowest BCUT2D eigenvalue weighted by molar-refractivity contribution is -0.130. The number of carbonyl (C=O) groups is 1. The minimum Gasteiger partial charge on any atom is -0.380 e. The first-order valence-electron chi connectivity index (χ1n) is 12.3. The third-order valence-corrected chi connectivity index (χ3v) is 7.88. The Morgan fingerprint density at radius 3 is 2.50 bits per heavy atom. The number of hydrogen-bond acceptors (Lipinski definition) is 4. The summed E-state index contributed by atoms with van der Waals surface area (Å²) in [6.07, 6.45) is 7.89. The molecule has 3 aliphatic rings. The van der Waals surface area contributed by atoms with Gasteiger partial charge in [-0.25, -0.2) is 0 Å². The van der Waals surface area contributed by atoms with Crippen LogP contribution in [0.4, 0.5) is 11.4 Å². The fraction of sp³-hybridized carbons (Fsp3) is 0.519. The van der Waals surface area contributed by atoms with E-state index in [2.05, 4.69) is 45.4 Å². The molecular weight excluding hydrogens is 418 g/mol. The normalized spacial score (nSPS) is 23.3. The standard InChI is InChI=1S/C27H34ClN3O/c28-22-10-6-11-23(19-22)30-15-17-31(18-16-30)26(27(32)21-8-2-1-3-9-21)25-14-13-20-7-4-5-12-24(20)29-25/h4-7,10-12,19,21,25-26,29H,1-3,8-9,13-18H2. The molecule has 1 aliphatic carbocycles. The van der Waals surface area contributed by atoms with Gasteiger partial charge in [0.05, 0.1) is 6.04 Å². The SMILES string of the molecule is O=C(C1CCCCC1)C(C1CCc2ccccc2N1)N1CCN(c2cccc(Cl)c2)CC1. The average Bonchev–Trinajstić information content (AvgIpc) is 2.85. The van der Waals surface area contributed by atoms with Crippen LogP contribution in [0, 0.1) is 5.92 Å². The van der Waals surface area contributed by atoms with Crippen LogP contribution in [0.2, 0.25) is 5.02 Å². The van der Waals surface area contributed by atoms with E-state index in [1.165, 1.54) is 36.2 Å². The Kier molecular flexibility index (Phi) is 6.70. The van der Waals surface area contributed by atoms with Crippen LogP contribution < -0.4 is 10.2 Å². The molecule has 2 aliphatic heterocycles. The lowest BCUT2D eigenvalue weighted by atomic mass is 9.80. The summed E-state index contributed by atoms with van der Waals surface area (Å²) in [7, 11) is 0. The van der Waals surface area contributed by atoms with E-state index in [1.54, 1.807) is 0 Å². The average molecular weight is 452 g/mol. The zero-order chi connectivity index (χ0) is 21.9. The van der Waals surface area contributed by atoms with Crippen LogP contribution in [0.15, 0.2) is 48.5 Å². The first-order chi connectivity index (χ1) is 15.7. The van der Waals surface area contributed by atoms with E-state index in [0.717, 1.165) is 56.9 Å². The number of Topliss-reactive ketones (excluding diaryl/α,β-unsaturated/α-hetero) is 1. The largest absolute Gasteiger partial charge is 0.380 e. The van der Waals surface area contributed by atoms with E-state index in [1.807, 2.05) is 18.2 Å². The molecule has 2 atom stereocenters. The monoisotopic (exact) mass is 451 g/mol. The minimum atomic E-state index is -0.0343. The summed E-state index contributed by atoms with van der Waals surface area (Å²) in [5, 5.41) is 4.55. The van der Waals surface area contributed by atoms with Crippen molar-refractivity contribution in [2.24, 2.45) is 5.92 Å². The lowest BCUT2D eigenvalue weighted by Gasteiger charge is -2.45. The summed E-state index contributed by atoms with van der Waals surface area (Å²) < 4.78 is 0. The van der Waals surface area contributed by atoms with E-state index in [-0.39, 0.29) is 18.0 Å². The van der Waals surface area contributed by atoms with Crippen LogP contribution in [0.1, 0.15) is 44.1 Å². The molecule has 2 heterocycles. The Balaban J connectivity index is 1.34. The van der Waals surface area contributed by atoms with Crippen molar-refractivity contribution in [3.63, 3.8) is 0 Å². The zero-order valence-electron chi connectivity index (χ0n) is 18.8. The van der Waals surface area contributed by atoms with Crippen LogP contribution in [0.5, 0.6) is 0 Å². The second kappa shape index (κ2) is 9.84. The number of halogens is 1. The Morgan fingerprint density at radius 2 is 1.72 bits per heavy atom. The highest BCUT2D eigenvalue weighted by Gasteiger charge is 2.40. The zero-order valence-corrected chi connectivity index (χ0v) is 19.6. The number of piperazine rings is 1. The number of para-hydroxylation sites is 1. The minimum absolute atomic E-state index is 0.0343. The predicted molar refractivity (Wildman–Crippen MR) is 133 cm³/mol. The molecule has 0 amide bonds. The van der Waals surface area contributed by atoms with E-state index in [9.17, 15) is 4.79 Å². The van der Waals surface area contributed by atoms with Crippen molar-refractivity contribution >= 4 is 28.8 Å². The molecular formula is C27H34ClN3O. The van der Waals surface area contributed by atoms with Gasteiger partial charge in [-0.2, -0.15) is 0 Å². The Bertz CT molecular complexity index is 934. The molecule has 5 heteroatoms. The van der Waals surface area contributed by atoms with Crippen LogP contribution >= 0.6 is 11.6 Å². The number of nitrogens with one attached hydrogen (secondary N) is 1. The number of ketones is 1. The summed E-state index contributed by atoms with van der Waals surface area (Å²) in [6.45, 7) is 3.68. The molecule has 0 spiro atoms. The molecule has 0 radical (unpaired) electrons. The predicted octanol–water partition coefficient (Wildman–Crippen LogP) is 5.41. The molecule has 2 unspecified atom stereocenters. The van der Waals surface area contributed by atoms with E-state index >= 15 is 0 Å². The Hall–Kier alpha value is -2.04. The van der Waals surface area contributed by atoms with Gasteiger partial charge in [0.15, 0.2) is 5.78 Å². The summed E-state index contributed by atoms with van der Waals surface area (Å²) in [6, 6.07) is 16.9. The van der Waals surface area contributed by atoms with Gasteiger partial charge in [-0.3, -0.25) is 9.69 Å². The van der Waals surface area contributed by atoms with Gasteiger partial charge in [-0.05, 0) is 55.5 Å². The number of hydrogen-bond donors (Lipinski definition) is 1. The summed E-state index contributed by atoms with van der Waals surface area (Å²) >= 11 is 6.22. The van der Waals surface area contributed by atoms with E-state index < -0.39 is 0 Å². The number of nitrogens with zero attached hydrogens (tertiary/aromatic N) is 2. The van der Waals surface area contributed by atoms with Gasteiger partial charge in [-0.15, -0.1) is 0 Å². The van der Waals surface area contributed by atoms with Crippen molar-refractivity contribution in [3.05, 3.63) is 59.1 Å². The van der Waals surface area contributed by atoms with Gasteiger partial charge in [0.2, 0.25) is 0 Å². The number of anilines is 2. The molecule has 2 fully saturated rings. The van der Waals surface area contributed by atoms with Crippen molar-refractivity contribution in [1.29, 1.82) is 0 Å². The maximum absolute atomic E-state index is 13.9. The number of rotatable bonds is 5. The summed E-state index contributed by atoms with van der Waals surface area (Å²) in [4.78, 5) is 18.8. The van der Waals surface area contributed by atoms with Gasteiger partial charge in [-0.1, -0.05) is 55.1 Å². The topological polar surface area (TPSA) is 35.6 Å². The molecule has 2 aromatic carbocycles. The Morgan fingerprint density at radius 1 is 0.938 bits per heavy atom. The van der Waals surface area contributed by atoms with Crippen molar-refractivity contribution in [1.82, 2.24) is 4.90 Å². The number of carbonyl (C=O) groups excluding carboxylic acids is 1. The van der Waals surface area contributed by atoms with Crippen molar-refractivity contribution in [2.45, 2.75) is 57.0 Å². The number of benzene rings is 2. The van der Waals surface area contributed by atoms with Crippen LogP contribution in [-0.4, -0.2) is 48.9 Å². The van der Waals surface area contributed by atoms with Gasteiger partial charge in [0.25, 0.3) is 0 Å². The third-order valence-electron chi connectivity index (χ3n) is 7.64. The molecule has 1 saturated heterocycles. The highest BCUT2D eigenvalue weighted by atomic mass is 35.5. The maximum atomic E-state index is 13.9. The van der Waals surface area contributed by atoms with Crippen molar-refractivity contribution < 1.29 is 4.79 Å². The summed E-state index contributed by atoms with van der Waals surface area (Å²) in [5.41, 5.74) is 3.76. The quantitative estimate of drug-likeness (QED) is 0.659. The number of aryl methyl sites for hydroxylation is 1. The van der Waals surface area contributed by atoms with Crippen LogP contribution in [0.3, 0.4) is 0 Å². The molecule has 0 bridgehead atoms. The van der Waals surface area contributed by atoms with Gasteiger partial charge in [0, 0.05) is 54.5 Å². The molecule has 2 aromatic rings. The van der Waals surface area contributed by atoms with Gasteiger partial charge in [0.1, 0.15) is 0 Å². The van der Waals surface area contributed by atoms with E-state index in [4.69, 9.17) is 11.6 Å². The lowest BCUT2D eigenvalue weighted by Crippen LogP contribution is -2.60. The molecule has 5 rings (SSSR count). The first-order valence-corrected chi connectivity index (χ1v) is 12.7. The van der Waals surface area contributed by atoms with Crippen molar-refractivity contribution in [3.8, 4) is 0 Å². The van der Waals surface area contributed by atoms with Crippen LogP contribution in [-0.2, 0) is 11.2 Å². The van der Waals surface area contributed by atoms with E-state index in [0.29, 0.717) is 5.78 Å². The number of fused-ring (bicyclic) bond motifs is 1. The fourth-order valence-corrected chi connectivity index (χ4v) is 6.08. The molecule has 0 aromatic heterocycles. The maximum Gasteiger partial charge on any atom is 0.155 e. The molecule has 4 nitrogen and oxygen atoms in total. The Labute approximate surface area is 196 Å². The molecule has 32 heavy (non-hydrogen) atoms. The fourth-order valence-electron chi connectivity index (χ4n) is 5.89. The first kappa shape index (κ1) is 21.8. The second-order valence-electron chi connectivity index (χ2n) is 9.63. The van der Waals surface area contributed by atoms with Crippen molar-refractivity contribution in [2.75, 3.05) is 36.4 Å². The van der Waals surface area contributed by atoms with Gasteiger partial charge < -0.3 is 10.2 Å². The molecule has 1 N–H and O–H groups in total. The smallest absolute Gasteiger partial charge is 0.155 e. The highest BCUT2D eigenvalue weighted by Crippen LogP contribution is 2.32. The highest BCUT2D eigenvalue weighted by molar-refractivity contribution is 6.30. The molecule has 1 saturated carbocycles.